The maximum Gasteiger partial charge on any atom is 0.490 e. The van der Waals surface area contributed by atoms with Crippen LogP contribution in [0.15, 0.2) is 18.3 Å². The molecule has 1 aromatic rings. The number of carboxylic acids is 1. The SMILES string of the molecule is CC(=O)N1CC2(CC(Oc3ncccc3F)CS2)C1.O=C(O)C(F)(F)F. The Morgan fingerprint density at radius 3 is 2.54 bits per heavy atom. The monoisotopic (exact) mass is 396 g/mol. The fourth-order valence-electron chi connectivity index (χ4n) is 2.59. The molecule has 11 heteroatoms. The van der Waals surface area contributed by atoms with E-state index >= 15 is 0 Å². The first-order valence-corrected chi connectivity index (χ1v) is 8.48. The van der Waals surface area contributed by atoms with E-state index in [0.29, 0.717) is 0 Å². The van der Waals surface area contributed by atoms with E-state index in [9.17, 15) is 22.4 Å². The summed E-state index contributed by atoms with van der Waals surface area (Å²) in [6.45, 7) is 3.14. The first-order valence-electron chi connectivity index (χ1n) is 7.49. The molecule has 1 amide bonds. The number of nitrogens with zero attached hydrogens (tertiary/aromatic N) is 2. The van der Waals surface area contributed by atoms with E-state index in [4.69, 9.17) is 14.6 Å². The molecule has 144 valence electrons. The van der Waals surface area contributed by atoms with Gasteiger partial charge in [0.1, 0.15) is 6.10 Å². The molecular weight excluding hydrogens is 380 g/mol. The number of alkyl halides is 3. The van der Waals surface area contributed by atoms with Gasteiger partial charge in [0.05, 0.1) is 4.75 Å². The van der Waals surface area contributed by atoms with Crippen molar-refractivity contribution in [1.82, 2.24) is 9.88 Å². The fourth-order valence-corrected chi connectivity index (χ4v) is 4.11. The van der Waals surface area contributed by atoms with Gasteiger partial charge in [0.2, 0.25) is 5.91 Å². The first-order chi connectivity index (χ1) is 12.0. The lowest BCUT2D eigenvalue weighted by molar-refractivity contribution is -0.192. The van der Waals surface area contributed by atoms with Crippen molar-refractivity contribution in [1.29, 1.82) is 0 Å². The van der Waals surface area contributed by atoms with Crippen molar-refractivity contribution >= 4 is 23.6 Å². The molecule has 2 fully saturated rings. The van der Waals surface area contributed by atoms with Gasteiger partial charge in [0.25, 0.3) is 5.88 Å². The third kappa shape index (κ3) is 4.99. The number of thioether (sulfide) groups is 1. The Balaban J connectivity index is 0.000000298. The highest BCUT2D eigenvalue weighted by molar-refractivity contribution is 8.01. The molecule has 2 aliphatic rings. The van der Waals surface area contributed by atoms with E-state index in [1.807, 2.05) is 16.7 Å². The topological polar surface area (TPSA) is 79.7 Å². The van der Waals surface area contributed by atoms with Crippen LogP contribution < -0.4 is 4.74 Å². The van der Waals surface area contributed by atoms with Crippen LogP contribution in [0.25, 0.3) is 0 Å². The number of pyridine rings is 1. The molecule has 0 saturated carbocycles. The molecule has 1 N–H and O–H groups in total. The molecule has 26 heavy (non-hydrogen) atoms. The average molecular weight is 396 g/mol. The van der Waals surface area contributed by atoms with E-state index in [1.54, 1.807) is 13.0 Å². The van der Waals surface area contributed by atoms with E-state index in [1.165, 1.54) is 12.3 Å². The van der Waals surface area contributed by atoms with Gasteiger partial charge in [-0.05, 0) is 12.1 Å². The van der Waals surface area contributed by atoms with Crippen LogP contribution in [-0.2, 0) is 9.59 Å². The number of ether oxygens (including phenoxy) is 1. The van der Waals surface area contributed by atoms with E-state index in [2.05, 4.69) is 4.98 Å². The second-order valence-corrected chi connectivity index (χ2v) is 7.39. The number of hydrogen-bond acceptors (Lipinski definition) is 5. The number of carboxylic acid groups (broad SMARTS) is 1. The van der Waals surface area contributed by atoms with Crippen LogP contribution in [0, 0.1) is 5.82 Å². The second kappa shape index (κ2) is 7.68. The summed E-state index contributed by atoms with van der Waals surface area (Å²) < 4.78 is 50.9. The number of aliphatic carboxylic acids is 1. The van der Waals surface area contributed by atoms with Crippen molar-refractivity contribution in [2.24, 2.45) is 0 Å². The van der Waals surface area contributed by atoms with Gasteiger partial charge in [-0.25, -0.2) is 14.2 Å². The minimum Gasteiger partial charge on any atom is -0.475 e. The maximum atomic E-state index is 13.5. The lowest BCUT2D eigenvalue weighted by Crippen LogP contribution is -2.60. The molecule has 1 atom stereocenters. The zero-order valence-electron chi connectivity index (χ0n) is 13.6. The zero-order chi connectivity index (χ0) is 19.5. The molecule has 1 aromatic heterocycles. The molecule has 2 saturated heterocycles. The van der Waals surface area contributed by atoms with Crippen LogP contribution in [-0.4, -0.2) is 62.7 Å². The number of carbonyl (C=O) groups excluding carboxylic acids is 1. The normalized spacial score (nSPS) is 20.8. The summed E-state index contributed by atoms with van der Waals surface area (Å²) in [5.74, 6) is -2.17. The Bertz CT molecular complexity index is 680. The zero-order valence-corrected chi connectivity index (χ0v) is 14.4. The van der Waals surface area contributed by atoms with Crippen molar-refractivity contribution in [3.63, 3.8) is 0 Å². The summed E-state index contributed by atoms with van der Waals surface area (Å²) in [4.78, 5) is 25.8. The predicted octanol–water partition coefficient (Wildman–Crippen LogP) is 2.34. The molecule has 1 unspecified atom stereocenters. The smallest absolute Gasteiger partial charge is 0.475 e. The van der Waals surface area contributed by atoms with E-state index in [0.717, 1.165) is 25.3 Å². The molecular formula is C15H16F4N2O4S. The minimum absolute atomic E-state index is 0.0245. The third-order valence-electron chi connectivity index (χ3n) is 3.82. The van der Waals surface area contributed by atoms with Gasteiger partial charge >= 0.3 is 12.1 Å². The second-order valence-electron chi connectivity index (χ2n) is 5.91. The number of amides is 1. The van der Waals surface area contributed by atoms with Crippen molar-refractivity contribution < 1.29 is 37.0 Å². The highest BCUT2D eigenvalue weighted by Crippen LogP contribution is 2.46. The van der Waals surface area contributed by atoms with Gasteiger partial charge in [-0.2, -0.15) is 13.2 Å². The summed E-state index contributed by atoms with van der Waals surface area (Å²) >= 11 is 1.82. The Labute approximate surface area is 150 Å². The summed E-state index contributed by atoms with van der Waals surface area (Å²) in [5, 5.41) is 7.12. The highest BCUT2D eigenvalue weighted by Gasteiger charge is 2.50. The number of rotatable bonds is 2. The van der Waals surface area contributed by atoms with Gasteiger partial charge in [0.15, 0.2) is 5.82 Å². The molecule has 1 spiro atoms. The highest BCUT2D eigenvalue weighted by atomic mass is 32.2. The largest absolute Gasteiger partial charge is 0.490 e. The van der Waals surface area contributed by atoms with E-state index in [-0.39, 0.29) is 22.6 Å². The van der Waals surface area contributed by atoms with Gasteiger partial charge in [0, 0.05) is 38.4 Å². The van der Waals surface area contributed by atoms with Crippen molar-refractivity contribution in [3.8, 4) is 5.88 Å². The third-order valence-corrected chi connectivity index (χ3v) is 5.40. The number of halogens is 4. The molecule has 0 aromatic carbocycles. The average Bonchev–Trinajstić information content (AvgIpc) is 2.92. The van der Waals surface area contributed by atoms with Crippen LogP contribution in [0.1, 0.15) is 13.3 Å². The van der Waals surface area contributed by atoms with E-state index < -0.39 is 18.0 Å². The lowest BCUT2D eigenvalue weighted by Gasteiger charge is -2.47. The van der Waals surface area contributed by atoms with Crippen LogP contribution in [0.2, 0.25) is 0 Å². The Hall–Kier alpha value is -2.04. The Morgan fingerprint density at radius 1 is 1.42 bits per heavy atom. The molecule has 2 aliphatic heterocycles. The number of carbonyl (C=O) groups is 2. The van der Waals surface area contributed by atoms with Crippen molar-refractivity contribution in [2.75, 3.05) is 18.8 Å². The van der Waals surface area contributed by atoms with Crippen molar-refractivity contribution in [3.05, 3.63) is 24.1 Å². The molecule has 3 heterocycles. The molecule has 0 aliphatic carbocycles. The Morgan fingerprint density at radius 2 is 2.04 bits per heavy atom. The number of aromatic nitrogens is 1. The maximum absolute atomic E-state index is 13.5. The summed E-state index contributed by atoms with van der Waals surface area (Å²) in [7, 11) is 0. The van der Waals surface area contributed by atoms with Crippen molar-refractivity contribution in [2.45, 2.75) is 30.4 Å². The molecule has 0 bridgehead atoms. The van der Waals surface area contributed by atoms with Crippen LogP contribution in [0.5, 0.6) is 5.88 Å². The Kier molecular flexibility index (Phi) is 5.99. The van der Waals surface area contributed by atoms with Crippen LogP contribution in [0.4, 0.5) is 17.6 Å². The van der Waals surface area contributed by atoms with Gasteiger partial charge < -0.3 is 14.7 Å². The molecule has 0 radical (unpaired) electrons. The lowest BCUT2D eigenvalue weighted by atomic mass is 9.93. The number of likely N-dealkylation sites (tertiary alicyclic amines) is 1. The van der Waals surface area contributed by atoms with Gasteiger partial charge in [-0.3, -0.25) is 4.79 Å². The van der Waals surface area contributed by atoms with Crippen LogP contribution in [0.3, 0.4) is 0 Å². The summed E-state index contributed by atoms with van der Waals surface area (Å²) in [5.41, 5.74) is 0. The standard InChI is InChI=1S/C13H15FN2O2S.C2HF3O2/c1-9(17)16-7-13(8-16)5-10(6-19-13)18-12-11(14)3-2-4-15-12;3-2(4,5)1(6)7/h2-4,10H,5-8H2,1H3;(H,6,7). The molecule has 3 rings (SSSR count). The quantitative estimate of drug-likeness (QED) is 0.773. The first kappa shape index (κ1) is 20.3. The number of hydrogen-bond donors (Lipinski definition) is 1. The summed E-state index contributed by atoms with van der Waals surface area (Å²) in [6.07, 6.45) is -2.74. The van der Waals surface area contributed by atoms with Gasteiger partial charge in [-0.15, -0.1) is 11.8 Å². The summed E-state index contributed by atoms with van der Waals surface area (Å²) in [6, 6.07) is 2.89. The minimum atomic E-state index is -5.08. The molecule has 6 nitrogen and oxygen atoms in total. The van der Waals surface area contributed by atoms with Crippen LogP contribution >= 0.6 is 11.8 Å². The predicted molar refractivity (Wildman–Crippen MR) is 84.4 cm³/mol. The fraction of sp³-hybridized carbons (Fsp3) is 0.533. The van der Waals surface area contributed by atoms with Gasteiger partial charge in [-0.1, -0.05) is 0 Å².